The second-order valence-electron chi connectivity index (χ2n) is 10.9. The first kappa shape index (κ1) is 29.4. The Morgan fingerprint density at radius 1 is 0.976 bits per heavy atom. The third-order valence-electron chi connectivity index (χ3n) is 7.72. The Hall–Kier alpha value is -4.09. The summed E-state index contributed by atoms with van der Waals surface area (Å²) in [6, 6.07) is 12.2. The van der Waals surface area contributed by atoms with Gasteiger partial charge < -0.3 is 21.3 Å². The van der Waals surface area contributed by atoms with Gasteiger partial charge in [-0.15, -0.1) is 0 Å². The highest BCUT2D eigenvalue weighted by Crippen LogP contribution is 2.24. The number of hydrogen-bond acceptors (Lipinski definition) is 9. The highest BCUT2D eigenvalue weighted by Gasteiger charge is 2.28. The van der Waals surface area contributed by atoms with Crippen molar-refractivity contribution in [2.24, 2.45) is 0 Å². The van der Waals surface area contributed by atoms with Crippen LogP contribution in [0.1, 0.15) is 38.2 Å². The molecular formula is C31H41N9O2. The number of rotatable bonds is 5. The van der Waals surface area contributed by atoms with Crippen molar-refractivity contribution in [1.82, 2.24) is 35.4 Å². The molecule has 0 radical (unpaired) electrons. The van der Waals surface area contributed by atoms with Crippen molar-refractivity contribution in [3.05, 3.63) is 60.6 Å². The lowest BCUT2D eigenvalue weighted by atomic mass is 10.1. The molecule has 0 aliphatic carbocycles. The number of carbonyl (C=O) groups excluding carboxylic acids is 2. The molecule has 1 aromatic carbocycles. The Morgan fingerprint density at radius 3 is 2.60 bits per heavy atom. The van der Waals surface area contributed by atoms with Gasteiger partial charge in [-0.1, -0.05) is 12.1 Å². The van der Waals surface area contributed by atoms with E-state index in [4.69, 9.17) is 0 Å². The van der Waals surface area contributed by atoms with Crippen LogP contribution < -0.4 is 21.3 Å². The second-order valence-corrected chi connectivity index (χ2v) is 10.9. The molecule has 1 saturated heterocycles. The molecule has 5 aliphatic heterocycles. The number of benzene rings is 1. The van der Waals surface area contributed by atoms with Crippen molar-refractivity contribution in [1.29, 1.82) is 0 Å². The molecule has 1 unspecified atom stereocenters. The van der Waals surface area contributed by atoms with E-state index in [0.29, 0.717) is 25.6 Å². The molecule has 5 aliphatic rings. The first-order valence-electron chi connectivity index (χ1n) is 14.9. The van der Waals surface area contributed by atoms with Gasteiger partial charge in [0.1, 0.15) is 5.82 Å². The summed E-state index contributed by atoms with van der Waals surface area (Å²) in [4.78, 5) is 42.8. The van der Waals surface area contributed by atoms with Crippen molar-refractivity contribution in [3.63, 3.8) is 0 Å². The molecular weight excluding hydrogens is 530 g/mol. The standard InChI is InChI=1S/C31H41N9O2/c1-23(41)32-10-3-2-8-28-30(42)34-11-5-12-35-31-36-20-26(21-37-31)25-9-13-33-29(19-25)38-27-7-4-6-24(18-27)22-39-14-16-40(28)17-15-39/h4,6-7,9,13,18-21,28H,2-3,5,8,10-12,14-17,22H2,1H3,(H,32,41)(H,33,38)(H,34,42)(H,35,36,37). The summed E-state index contributed by atoms with van der Waals surface area (Å²) < 4.78 is 0. The Balaban J connectivity index is 1.30. The molecule has 222 valence electrons. The minimum Gasteiger partial charge on any atom is -0.356 e. The van der Waals surface area contributed by atoms with Gasteiger partial charge in [-0.3, -0.25) is 19.4 Å². The summed E-state index contributed by atoms with van der Waals surface area (Å²) in [5.74, 6) is 1.38. The largest absolute Gasteiger partial charge is 0.356 e. The van der Waals surface area contributed by atoms with Crippen molar-refractivity contribution in [2.45, 2.75) is 45.2 Å². The first-order valence-corrected chi connectivity index (χ1v) is 14.9. The van der Waals surface area contributed by atoms with E-state index in [0.717, 1.165) is 81.0 Å². The summed E-state index contributed by atoms with van der Waals surface area (Å²) in [7, 11) is 0. The predicted octanol–water partition coefficient (Wildman–Crippen LogP) is 3.01. The molecule has 11 nitrogen and oxygen atoms in total. The Kier molecular flexibility index (Phi) is 10.3. The summed E-state index contributed by atoms with van der Waals surface area (Å²) in [6.45, 7) is 7.74. The van der Waals surface area contributed by atoms with E-state index in [1.165, 1.54) is 12.5 Å². The molecule has 42 heavy (non-hydrogen) atoms. The summed E-state index contributed by atoms with van der Waals surface area (Å²) >= 11 is 0. The maximum atomic E-state index is 13.3. The van der Waals surface area contributed by atoms with Crippen molar-refractivity contribution >= 4 is 29.3 Å². The van der Waals surface area contributed by atoms with Crippen molar-refractivity contribution < 1.29 is 9.59 Å². The average Bonchev–Trinajstić information content (AvgIpc) is 2.99. The van der Waals surface area contributed by atoms with Crippen molar-refractivity contribution in [3.8, 4) is 11.1 Å². The molecule has 0 spiro atoms. The Morgan fingerprint density at radius 2 is 1.79 bits per heavy atom. The van der Waals surface area contributed by atoms with E-state index in [2.05, 4.69) is 70.3 Å². The SMILES string of the molecule is CC(=O)NCCCCC1C(=O)NCCCNc2ncc(cn2)-c2ccnc(c2)Nc2cccc(c2)CN2CCN1CC2. The zero-order valence-electron chi connectivity index (χ0n) is 24.3. The van der Waals surface area contributed by atoms with Crippen LogP contribution in [0.2, 0.25) is 0 Å². The van der Waals surface area contributed by atoms with E-state index >= 15 is 0 Å². The van der Waals surface area contributed by atoms with Gasteiger partial charge in [0.15, 0.2) is 0 Å². The number of nitrogens with one attached hydrogen (secondary N) is 4. The molecule has 2 aromatic heterocycles. The molecule has 11 heteroatoms. The number of amides is 2. The highest BCUT2D eigenvalue weighted by atomic mass is 16.2. The van der Waals surface area contributed by atoms with E-state index in [1.807, 2.05) is 24.5 Å². The second kappa shape index (κ2) is 14.7. The number of hydrogen-bond donors (Lipinski definition) is 4. The van der Waals surface area contributed by atoms with E-state index < -0.39 is 0 Å². The third-order valence-corrected chi connectivity index (χ3v) is 7.72. The molecule has 7 heterocycles. The number of aromatic nitrogens is 3. The number of pyridine rings is 1. The van der Waals surface area contributed by atoms with Gasteiger partial charge in [0.2, 0.25) is 17.8 Å². The zero-order valence-corrected chi connectivity index (χ0v) is 24.3. The summed E-state index contributed by atoms with van der Waals surface area (Å²) in [5, 5.41) is 12.7. The number of nitrogens with zero attached hydrogens (tertiary/aromatic N) is 5. The van der Waals surface area contributed by atoms with Gasteiger partial charge in [0, 0.05) is 89.1 Å². The Bertz CT molecular complexity index is 1330. The van der Waals surface area contributed by atoms with Gasteiger partial charge >= 0.3 is 0 Å². The van der Waals surface area contributed by atoms with Crippen LogP contribution in [0.15, 0.2) is 55.0 Å². The lowest BCUT2D eigenvalue weighted by molar-refractivity contribution is -0.127. The lowest BCUT2D eigenvalue weighted by Gasteiger charge is -2.38. The topological polar surface area (TPSA) is 127 Å². The third kappa shape index (κ3) is 8.46. The first-order chi connectivity index (χ1) is 20.5. The van der Waals surface area contributed by atoms with Crippen molar-refractivity contribution in [2.75, 3.05) is 56.4 Å². The van der Waals surface area contributed by atoms with Gasteiger partial charge in [0.05, 0.1) is 6.04 Å². The fraction of sp³-hybridized carbons (Fsp3) is 0.452. The maximum absolute atomic E-state index is 13.3. The normalized spacial score (nSPS) is 21.1. The molecule has 3 aromatic rings. The van der Waals surface area contributed by atoms with Crippen LogP contribution in [-0.4, -0.2) is 88.4 Å². The molecule has 1 atom stereocenters. The molecule has 2 amide bonds. The minimum atomic E-state index is -0.176. The lowest BCUT2D eigenvalue weighted by Crippen LogP contribution is -2.54. The predicted molar refractivity (Wildman–Crippen MR) is 164 cm³/mol. The number of carbonyl (C=O) groups is 2. The van der Waals surface area contributed by atoms with E-state index in [-0.39, 0.29) is 17.9 Å². The maximum Gasteiger partial charge on any atom is 0.237 e. The van der Waals surface area contributed by atoms with Crippen LogP contribution in [0.25, 0.3) is 11.1 Å². The van der Waals surface area contributed by atoms with E-state index in [9.17, 15) is 9.59 Å². The van der Waals surface area contributed by atoms with Gasteiger partial charge in [-0.05, 0) is 61.1 Å². The van der Waals surface area contributed by atoms with Gasteiger partial charge in [0.25, 0.3) is 0 Å². The van der Waals surface area contributed by atoms with Crippen LogP contribution in [0.4, 0.5) is 17.5 Å². The van der Waals surface area contributed by atoms with Crippen LogP contribution in [0, 0.1) is 0 Å². The molecule has 8 rings (SSSR count). The summed E-state index contributed by atoms with van der Waals surface area (Å²) in [6.07, 6.45) is 8.67. The fourth-order valence-electron chi connectivity index (χ4n) is 5.46. The van der Waals surface area contributed by atoms with Gasteiger partial charge in [-0.25, -0.2) is 15.0 Å². The molecule has 0 saturated carbocycles. The number of unbranched alkanes of at least 4 members (excludes halogenated alkanes) is 1. The number of anilines is 3. The molecule has 4 N–H and O–H groups in total. The minimum absolute atomic E-state index is 0.0184. The van der Waals surface area contributed by atoms with Gasteiger partial charge in [-0.2, -0.15) is 0 Å². The average molecular weight is 572 g/mol. The highest BCUT2D eigenvalue weighted by molar-refractivity contribution is 5.81. The van der Waals surface area contributed by atoms with Crippen LogP contribution in [0.5, 0.6) is 0 Å². The fourth-order valence-corrected chi connectivity index (χ4v) is 5.46. The quantitative estimate of drug-likeness (QED) is 0.342. The molecule has 8 bridgehead atoms. The summed E-state index contributed by atoms with van der Waals surface area (Å²) in [5.41, 5.74) is 4.11. The smallest absolute Gasteiger partial charge is 0.237 e. The van der Waals surface area contributed by atoms with E-state index in [1.54, 1.807) is 6.20 Å². The van der Waals surface area contributed by atoms with Crippen LogP contribution in [-0.2, 0) is 16.1 Å². The Labute approximate surface area is 247 Å². The van der Waals surface area contributed by atoms with Crippen LogP contribution in [0.3, 0.4) is 0 Å². The number of piperazine rings is 1. The zero-order chi connectivity index (χ0) is 29.1. The van der Waals surface area contributed by atoms with Crippen LogP contribution >= 0.6 is 0 Å². The monoisotopic (exact) mass is 571 g/mol. The molecule has 1 fully saturated rings.